The maximum Gasteiger partial charge on any atom is 0.471 e. The maximum absolute atomic E-state index is 12.6. The minimum atomic E-state index is -4.65. The molecule has 0 aliphatic heterocycles. The number of fused-ring (bicyclic) bond motifs is 1. The summed E-state index contributed by atoms with van der Waals surface area (Å²) in [4.78, 5) is 10.4. The van der Waals surface area contributed by atoms with Crippen molar-refractivity contribution in [2.24, 2.45) is 11.3 Å². The summed E-state index contributed by atoms with van der Waals surface area (Å²) < 4.78 is 44.4. The highest BCUT2D eigenvalue weighted by molar-refractivity contribution is 5.81. The predicted octanol–water partition coefficient (Wildman–Crippen LogP) is 5.39. The van der Waals surface area contributed by atoms with Crippen molar-refractivity contribution >= 4 is 23.2 Å². The van der Waals surface area contributed by atoms with Crippen molar-refractivity contribution in [3.63, 3.8) is 0 Å². The van der Waals surface area contributed by atoms with Gasteiger partial charge in [-0.2, -0.15) is 18.2 Å². The molecule has 32 heavy (non-hydrogen) atoms. The van der Waals surface area contributed by atoms with E-state index in [0.29, 0.717) is 5.92 Å². The third-order valence-electron chi connectivity index (χ3n) is 4.88. The lowest BCUT2D eigenvalue weighted by molar-refractivity contribution is -0.159. The zero-order valence-corrected chi connectivity index (χ0v) is 19.4. The number of alkyl halides is 3. The lowest BCUT2D eigenvalue weighted by Crippen LogP contribution is -2.33. The van der Waals surface area contributed by atoms with Crippen LogP contribution in [0.1, 0.15) is 50.8 Å². The molecule has 0 atom stereocenters. The number of halogens is 3. The number of benzene rings is 1. The van der Waals surface area contributed by atoms with Crippen molar-refractivity contribution in [1.29, 1.82) is 0 Å². The first-order valence-electron chi connectivity index (χ1n) is 10.6. The van der Waals surface area contributed by atoms with Crippen molar-refractivity contribution in [3.8, 4) is 0 Å². The second-order valence-corrected chi connectivity index (χ2v) is 9.65. The Morgan fingerprint density at radius 2 is 1.84 bits per heavy atom. The van der Waals surface area contributed by atoms with E-state index in [-0.39, 0.29) is 11.2 Å². The van der Waals surface area contributed by atoms with Gasteiger partial charge in [-0.15, -0.1) is 0 Å². The molecule has 0 spiro atoms. The van der Waals surface area contributed by atoms with Crippen LogP contribution in [0.3, 0.4) is 0 Å². The van der Waals surface area contributed by atoms with Crippen molar-refractivity contribution in [3.05, 3.63) is 41.3 Å². The number of rotatable bonds is 8. The molecular formula is C23H30F3N5O. The van der Waals surface area contributed by atoms with E-state index >= 15 is 0 Å². The van der Waals surface area contributed by atoms with Crippen LogP contribution in [0.15, 0.2) is 22.7 Å². The summed E-state index contributed by atoms with van der Waals surface area (Å²) >= 11 is 0. The number of aromatic nitrogens is 4. The van der Waals surface area contributed by atoms with E-state index in [4.69, 9.17) is 4.98 Å². The van der Waals surface area contributed by atoms with Crippen LogP contribution in [0, 0.1) is 11.3 Å². The van der Waals surface area contributed by atoms with Crippen LogP contribution < -0.4 is 0 Å². The highest BCUT2D eigenvalue weighted by Gasteiger charge is 2.38. The molecule has 0 aliphatic carbocycles. The molecule has 0 fully saturated rings. The molecule has 174 valence electrons. The number of nitrogens with zero attached hydrogens (tertiary/aromatic N) is 5. The Kier molecular flexibility index (Phi) is 6.78. The summed E-state index contributed by atoms with van der Waals surface area (Å²) in [7, 11) is 4.14. The summed E-state index contributed by atoms with van der Waals surface area (Å²) in [5, 5.41) is 3.36. The first kappa shape index (κ1) is 24.0. The minimum absolute atomic E-state index is 0.0518. The minimum Gasteiger partial charge on any atom is -0.329 e. The van der Waals surface area contributed by atoms with Gasteiger partial charge in [-0.1, -0.05) is 45.0 Å². The normalized spacial score (nSPS) is 13.3. The molecule has 3 rings (SSSR count). The monoisotopic (exact) mass is 449 g/mol. The fraction of sp³-hybridized carbons (Fsp3) is 0.522. The molecule has 0 amide bonds. The molecule has 0 saturated carbocycles. The number of hydrogen-bond acceptors (Lipinski definition) is 5. The fourth-order valence-corrected chi connectivity index (χ4v) is 3.92. The predicted molar refractivity (Wildman–Crippen MR) is 119 cm³/mol. The van der Waals surface area contributed by atoms with Crippen molar-refractivity contribution in [2.75, 3.05) is 20.6 Å². The molecule has 0 N–H and O–H groups in total. The van der Waals surface area contributed by atoms with Gasteiger partial charge in [-0.3, -0.25) is 0 Å². The first-order chi connectivity index (χ1) is 14.8. The van der Waals surface area contributed by atoms with Crippen LogP contribution in [-0.2, 0) is 19.1 Å². The third kappa shape index (κ3) is 5.97. The summed E-state index contributed by atoms with van der Waals surface area (Å²) in [5.74, 6) is 0.0119. The second-order valence-electron chi connectivity index (χ2n) is 9.65. The first-order valence-corrected chi connectivity index (χ1v) is 10.6. The summed E-state index contributed by atoms with van der Waals surface area (Å²) in [6.07, 6.45) is -0.743. The van der Waals surface area contributed by atoms with Crippen LogP contribution in [0.4, 0.5) is 13.2 Å². The SMILES string of the molecule is CC(C)Cc1nc2cc(/C=C/c3noc(C(F)(F)F)n3)ccc2n1CC(C)(C)CN(C)C. The Hall–Kier alpha value is -2.68. The lowest BCUT2D eigenvalue weighted by Gasteiger charge is -2.29. The molecule has 0 bridgehead atoms. The molecule has 0 saturated heterocycles. The Bertz CT molecular complexity index is 1090. The Balaban J connectivity index is 1.92. The Labute approximate surface area is 186 Å². The van der Waals surface area contributed by atoms with Crippen LogP contribution >= 0.6 is 0 Å². The van der Waals surface area contributed by atoms with Gasteiger partial charge in [0.25, 0.3) is 0 Å². The molecule has 0 radical (unpaired) electrons. The molecule has 3 aromatic rings. The van der Waals surface area contributed by atoms with Gasteiger partial charge in [0.05, 0.1) is 11.0 Å². The average Bonchev–Trinajstić information content (AvgIpc) is 3.23. The van der Waals surface area contributed by atoms with Crippen molar-refractivity contribution in [1.82, 2.24) is 24.6 Å². The van der Waals surface area contributed by atoms with E-state index in [0.717, 1.165) is 41.9 Å². The van der Waals surface area contributed by atoms with E-state index in [2.05, 4.69) is 65.9 Å². The fourth-order valence-electron chi connectivity index (χ4n) is 3.92. The van der Waals surface area contributed by atoms with Crippen molar-refractivity contribution < 1.29 is 17.7 Å². The highest BCUT2D eigenvalue weighted by Crippen LogP contribution is 2.28. The molecule has 0 unspecified atom stereocenters. The van der Waals surface area contributed by atoms with E-state index in [1.807, 2.05) is 18.2 Å². The Morgan fingerprint density at radius 1 is 1.12 bits per heavy atom. The van der Waals surface area contributed by atoms with E-state index in [9.17, 15) is 13.2 Å². The van der Waals surface area contributed by atoms with Gasteiger partial charge in [-0.05, 0) is 49.2 Å². The molecule has 1 aromatic carbocycles. The number of hydrogen-bond donors (Lipinski definition) is 0. The second kappa shape index (κ2) is 9.05. The molecule has 9 heteroatoms. The van der Waals surface area contributed by atoms with E-state index in [1.165, 1.54) is 6.08 Å². The summed E-state index contributed by atoms with van der Waals surface area (Å²) in [6.45, 7) is 10.6. The summed E-state index contributed by atoms with van der Waals surface area (Å²) in [5.41, 5.74) is 2.75. The highest BCUT2D eigenvalue weighted by atomic mass is 19.4. The molecule has 2 aromatic heterocycles. The molecular weight excluding hydrogens is 419 g/mol. The van der Waals surface area contributed by atoms with E-state index < -0.39 is 12.1 Å². The van der Waals surface area contributed by atoms with Gasteiger partial charge >= 0.3 is 12.1 Å². The molecule has 2 heterocycles. The maximum atomic E-state index is 12.6. The average molecular weight is 450 g/mol. The third-order valence-corrected chi connectivity index (χ3v) is 4.88. The largest absolute Gasteiger partial charge is 0.471 e. The zero-order chi connectivity index (χ0) is 23.7. The topological polar surface area (TPSA) is 60.0 Å². The smallest absolute Gasteiger partial charge is 0.329 e. The van der Waals surface area contributed by atoms with Gasteiger partial charge in [0.2, 0.25) is 0 Å². The summed E-state index contributed by atoms with van der Waals surface area (Å²) in [6, 6.07) is 5.85. The van der Waals surface area contributed by atoms with Crippen molar-refractivity contribution in [2.45, 2.75) is 46.8 Å². The molecule has 6 nitrogen and oxygen atoms in total. The van der Waals surface area contributed by atoms with Crippen LogP contribution in [0.5, 0.6) is 0 Å². The lowest BCUT2D eigenvalue weighted by atomic mass is 9.92. The van der Waals surface area contributed by atoms with Gasteiger partial charge in [-0.25, -0.2) is 4.98 Å². The zero-order valence-electron chi connectivity index (χ0n) is 19.4. The molecule has 0 aliphatic rings. The van der Waals surface area contributed by atoms with Gasteiger partial charge < -0.3 is 14.0 Å². The van der Waals surface area contributed by atoms with Crippen LogP contribution in [0.2, 0.25) is 0 Å². The van der Waals surface area contributed by atoms with Gasteiger partial charge in [0.15, 0.2) is 5.82 Å². The standard InChI is InChI=1S/C23H30F3N5O/c1-15(2)11-20-27-17-12-16(8-10-19-28-21(32-29-19)23(24,25)26)7-9-18(17)31(20)14-22(3,4)13-30(5)6/h7-10,12,15H,11,13-14H2,1-6H3/b10-8+. The quantitative estimate of drug-likeness (QED) is 0.461. The van der Waals surface area contributed by atoms with Crippen LogP contribution in [0.25, 0.3) is 23.2 Å². The van der Waals surface area contributed by atoms with Crippen LogP contribution in [-0.4, -0.2) is 45.2 Å². The van der Waals surface area contributed by atoms with Gasteiger partial charge in [0.1, 0.15) is 5.82 Å². The Morgan fingerprint density at radius 3 is 2.44 bits per heavy atom. The van der Waals surface area contributed by atoms with E-state index in [1.54, 1.807) is 6.08 Å². The number of imidazole rings is 1. The van der Waals surface area contributed by atoms with Gasteiger partial charge in [0, 0.05) is 19.5 Å².